The highest BCUT2D eigenvalue weighted by Gasteiger charge is 2.34. The first kappa shape index (κ1) is 14.6. The van der Waals surface area contributed by atoms with Gasteiger partial charge in [-0.2, -0.15) is 0 Å². The number of rotatable bonds is 4. The van der Waals surface area contributed by atoms with E-state index in [0.29, 0.717) is 17.2 Å². The van der Waals surface area contributed by atoms with Crippen LogP contribution in [0.3, 0.4) is 0 Å². The second-order valence-corrected chi connectivity index (χ2v) is 5.36. The summed E-state index contributed by atoms with van der Waals surface area (Å²) < 4.78 is 18.3. The molecule has 1 aromatic rings. The molecule has 0 saturated carbocycles. The van der Waals surface area contributed by atoms with Gasteiger partial charge in [0, 0.05) is 5.75 Å². The number of hydrogen-bond acceptors (Lipinski definition) is 4. The number of methoxy groups -OCH3 is 1. The van der Waals surface area contributed by atoms with Gasteiger partial charge in [-0.1, -0.05) is 6.07 Å². The molecule has 2 rings (SSSR count). The molecule has 0 bridgehead atoms. The van der Waals surface area contributed by atoms with Crippen molar-refractivity contribution in [3.63, 3.8) is 0 Å². The van der Waals surface area contributed by atoms with Crippen LogP contribution in [0.15, 0.2) is 18.2 Å². The van der Waals surface area contributed by atoms with Crippen molar-refractivity contribution in [3.05, 3.63) is 29.6 Å². The Morgan fingerprint density at radius 1 is 1.55 bits per heavy atom. The summed E-state index contributed by atoms with van der Waals surface area (Å²) in [7, 11) is 1.36. The number of nitrogens with zero attached hydrogens (tertiary/aromatic N) is 1. The molecular weight excluding hydrogens is 285 g/mol. The second kappa shape index (κ2) is 6.13. The van der Waals surface area contributed by atoms with Crippen molar-refractivity contribution >= 4 is 23.6 Å². The quantitative estimate of drug-likeness (QED) is 0.909. The Morgan fingerprint density at radius 2 is 2.30 bits per heavy atom. The van der Waals surface area contributed by atoms with Gasteiger partial charge in [0.2, 0.25) is 5.91 Å². The number of carboxylic acids is 1. The second-order valence-electron chi connectivity index (χ2n) is 4.36. The first-order valence-corrected chi connectivity index (χ1v) is 7.11. The van der Waals surface area contributed by atoms with Crippen LogP contribution in [-0.2, 0) is 16.0 Å². The van der Waals surface area contributed by atoms with Crippen LogP contribution >= 0.6 is 11.8 Å². The number of benzene rings is 1. The van der Waals surface area contributed by atoms with Gasteiger partial charge in [0.05, 0.1) is 19.4 Å². The Kier molecular flexibility index (Phi) is 4.49. The fourth-order valence-corrected chi connectivity index (χ4v) is 3.16. The number of thioether (sulfide) groups is 1. The summed E-state index contributed by atoms with van der Waals surface area (Å²) in [4.78, 5) is 24.4. The Balaban J connectivity index is 2.08. The van der Waals surface area contributed by atoms with Gasteiger partial charge in [-0.15, -0.1) is 11.8 Å². The summed E-state index contributed by atoms with van der Waals surface area (Å²) in [6, 6.07) is 3.48. The van der Waals surface area contributed by atoms with Crippen LogP contribution in [0, 0.1) is 5.82 Å². The molecule has 108 valence electrons. The van der Waals surface area contributed by atoms with E-state index < -0.39 is 17.8 Å². The molecule has 1 aromatic carbocycles. The van der Waals surface area contributed by atoms with Gasteiger partial charge < -0.3 is 14.7 Å². The minimum absolute atomic E-state index is 0.0226. The molecule has 1 saturated heterocycles. The van der Waals surface area contributed by atoms with Crippen LogP contribution < -0.4 is 4.74 Å². The van der Waals surface area contributed by atoms with Gasteiger partial charge in [-0.05, 0) is 17.7 Å². The van der Waals surface area contributed by atoms with Crippen LogP contribution in [0.4, 0.5) is 4.39 Å². The predicted octanol–water partition coefficient (Wildman–Crippen LogP) is 1.36. The van der Waals surface area contributed by atoms with Gasteiger partial charge in [0.25, 0.3) is 0 Å². The third-order valence-electron chi connectivity index (χ3n) is 3.06. The molecule has 1 amide bonds. The molecule has 1 unspecified atom stereocenters. The highest BCUT2D eigenvalue weighted by atomic mass is 32.2. The van der Waals surface area contributed by atoms with Crippen LogP contribution in [0.2, 0.25) is 0 Å². The maximum atomic E-state index is 13.5. The number of ether oxygens (including phenoxy) is 1. The van der Waals surface area contributed by atoms with Crippen molar-refractivity contribution in [2.75, 3.05) is 18.7 Å². The normalized spacial score (nSPS) is 18.1. The molecule has 5 nitrogen and oxygen atoms in total. The number of hydrogen-bond donors (Lipinski definition) is 1. The Morgan fingerprint density at radius 3 is 2.90 bits per heavy atom. The van der Waals surface area contributed by atoms with Gasteiger partial charge in [-0.3, -0.25) is 4.79 Å². The predicted molar refractivity (Wildman–Crippen MR) is 72.3 cm³/mol. The monoisotopic (exact) mass is 299 g/mol. The van der Waals surface area contributed by atoms with Crippen molar-refractivity contribution in [2.24, 2.45) is 0 Å². The summed E-state index contributed by atoms with van der Waals surface area (Å²) in [5.74, 6) is -1.01. The van der Waals surface area contributed by atoms with E-state index in [1.54, 1.807) is 6.07 Å². The van der Waals surface area contributed by atoms with Gasteiger partial charge >= 0.3 is 5.97 Å². The molecule has 0 aliphatic carbocycles. The Labute approximate surface area is 119 Å². The van der Waals surface area contributed by atoms with Crippen molar-refractivity contribution in [1.29, 1.82) is 0 Å². The molecule has 1 aliphatic heterocycles. The van der Waals surface area contributed by atoms with Crippen molar-refractivity contribution < 1.29 is 23.8 Å². The zero-order valence-corrected chi connectivity index (χ0v) is 11.7. The highest BCUT2D eigenvalue weighted by Crippen LogP contribution is 2.23. The van der Waals surface area contributed by atoms with Gasteiger partial charge in [0.1, 0.15) is 6.04 Å². The lowest BCUT2D eigenvalue weighted by Gasteiger charge is -2.20. The molecule has 0 aromatic heterocycles. The summed E-state index contributed by atoms with van der Waals surface area (Å²) in [6.45, 7) is 0. The first-order chi connectivity index (χ1) is 9.52. The van der Waals surface area contributed by atoms with Crippen molar-refractivity contribution in [1.82, 2.24) is 4.90 Å². The molecule has 1 fully saturated rings. The molecular formula is C13H14FNO4S. The highest BCUT2D eigenvalue weighted by molar-refractivity contribution is 7.99. The number of carbonyl (C=O) groups excluding carboxylic acids is 1. The summed E-state index contributed by atoms with van der Waals surface area (Å²) in [5.41, 5.74) is 0.495. The largest absolute Gasteiger partial charge is 0.494 e. The average molecular weight is 299 g/mol. The molecule has 1 N–H and O–H groups in total. The number of amides is 1. The van der Waals surface area contributed by atoms with E-state index in [9.17, 15) is 14.0 Å². The lowest BCUT2D eigenvalue weighted by atomic mass is 10.1. The number of carbonyl (C=O) groups is 2. The van der Waals surface area contributed by atoms with Gasteiger partial charge in [-0.25, -0.2) is 9.18 Å². The average Bonchev–Trinajstić information content (AvgIpc) is 2.88. The Bertz CT molecular complexity index is 537. The zero-order chi connectivity index (χ0) is 14.7. The molecule has 1 atom stereocenters. The van der Waals surface area contributed by atoms with E-state index in [1.807, 2.05) is 0 Å². The van der Waals surface area contributed by atoms with E-state index in [0.717, 1.165) is 0 Å². The molecule has 1 heterocycles. The topological polar surface area (TPSA) is 66.8 Å². The molecule has 7 heteroatoms. The zero-order valence-electron chi connectivity index (χ0n) is 10.8. The summed E-state index contributed by atoms with van der Waals surface area (Å²) >= 11 is 1.40. The van der Waals surface area contributed by atoms with Gasteiger partial charge in [0.15, 0.2) is 11.6 Å². The molecule has 0 spiro atoms. The molecule has 0 radical (unpaired) electrons. The number of aliphatic carboxylic acids is 1. The fraction of sp³-hybridized carbons (Fsp3) is 0.385. The Hall–Kier alpha value is -1.76. The third-order valence-corrected chi connectivity index (χ3v) is 4.07. The van der Waals surface area contributed by atoms with Crippen LogP contribution in [0.25, 0.3) is 0 Å². The molecule has 1 aliphatic rings. The maximum absolute atomic E-state index is 13.5. The van der Waals surface area contributed by atoms with E-state index in [4.69, 9.17) is 9.84 Å². The van der Waals surface area contributed by atoms with Crippen molar-refractivity contribution in [2.45, 2.75) is 12.5 Å². The number of carboxylic acid groups (broad SMARTS) is 1. The fourth-order valence-electron chi connectivity index (χ4n) is 1.99. The minimum atomic E-state index is -1.01. The van der Waals surface area contributed by atoms with Crippen LogP contribution in [0.5, 0.6) is 5.75 Å². The van der Waals surface area contributed by atoms with E-state index >= 15 is 0 Å². The van der Waals surface area contributed by atoms with Crippen LogP contribution in [-0.4, -0.2) is 46.7 Å². The van der Waals surface area contributed by atoms with E-state index in [1.165, 1.54) is 35.9 Å². The van der Waals surface area contributed by atoms with E-state index in [-0.39, 0.29) is 18.1 Å². The first-order valence-electron chi connectivity index (χ1n) is 5.95. The third kappa shape index (κ3) is 3.04. The number of halogens is 1. The van der Waals surface area contributed by atoms with Crippen LogP contribution in [0.1, 0.15) is 5.56 Å². The lowest BCUT2D eigenvalue weighted by Crippen LogP contribution is -2.42. The molecule has 20 heavy (non-hydrogen) atoms. The minimum Gasteiger partial charge on any atom is -0.494 e. The van der Waals surface area contributed by atoms with E-state index in [2.05, 4.69) is 0 Å². The van der Waals surface area contributed by atoms with Crippen molar-refractivity contribution in [3.8, 4) is 5.75 Å². The summed E-state index contributed by atoms with van der Waals surface area (Å²) in [5, 5.41) is 9.03. The SMILES string of the molecule is COc1ccc(CC(=O)N2CSCC2C(=O)O)cc1F. The standard InChI is InChI=1S/C13H14FNO4S/c1-19-11-3-2-8(4-9(11)14)5-12(16)15-7-20-6-10(15)13(17)18/h2-4,10H,5-7H2,1H3,(H,17,18). The maximum Gasteiger partial charge on any atom is 0.327 e. The smallest absolute Gasteiger partial charge is 0.327 e. The summed E-state index contributed by atoms with van der Waals surface area (Å²) in [6.07, 6.45) is -0.0226. The lowest BCUT2D eigenvalue weighted by molar-refractivity contribution is -0.147.